The summed E-state index contributed by atoms with van der Waals surface area (Å²) < 4.78 is 11.7. The summed E-state index contributed by atoms with van der Waals surface area (Å²) in [4.78, 5) is 9.61. The molecule has 208 valence electrons. The molecule has 2 aromatic carbocycles. The van der Waals surface area contributed by atoms with Crippen molar-refractivity contribution in [2.75, 3.05) is 25.1 Å². The maximum Gasteiger partial charge on any atom is 0.224 e. The summed E-state index contributed by atoms with van der Waals surface area (Å²) in [7, 11) is 1.73. The van der Waals surface area contributed by atoms with Gasteiger partial charge in [-0.3, -0.25) is 0 Å². The summed E-state index contributed by atoms with van der Waals surface area (Å²) >= 11 is 0. The van der Waals surface area contributed by atoms with Crippen LogP contribution in [0, 0.1) is 13.1 Å². The van der Waals surface area contributed by atoms with E-state index in [0.717, 1.165) is 41.1 Å². The molecule has 0 aliphatic carbocycles. The molecule has 40 heavy (non-hydrogen) atoms. The number of unbranched alkanes of at least 4 members (excludes halogenated alkanes) is 2. The second-order valence-corrected chi connectivity index (χ2v) is 10.5. The van der Waals surface area contributed by atoms with Crippen molar-refractivity contribution < 1.29 is 9.47 Å². The van der Waals surface area contributed by atoms with E-state index in [1.54, 1.807) is 14.0 Å². The van der Waals surface area contributed by atoms with Gasteiger partial charge in [-0.05, 0) is 56.9 Å². The number of nitrogens with zero attached hydrogens (tertiary/aromatic N) is 3. The SMILES string of the molecule is [C-]#[N+]C1=C(/C=C/c2ccc(/C=C/c3ccc(N(CCCC)CCCC)cc3OC)cc2)C(C)(C)O/C1=C(\C)[N+]#[C-]. The van der Waals surface area contributed by atoms with E-state index in [2.05, 4.69) is 83.1 Å². The van der Waals surface area contributed by atoms with E-state index < -0.39 is 5.60 Å². The van der Waals surface area contributed by atoms with Crippen molar-refractivity contribution in [2.45, 2.75) is 65.9 Å². The van der Waals surface area contributed by atoms with Gasteiger partial charge in [0.1, 0.15) is 17.1 Å². The summed E-state index contributed by atoms with van der Waals surface area (Å²) in [6.07, 6.45) is 12.8. The topological polar surface area (TPSA) is 30.4 Å². The monoisotopic (exact) mass is 535 g/mol. The molecule has 0 atom stereocenters. The van der Waals surface area contributed by atoms with Gasteiger partial charge in [0.25, 0.3) is 0 Å². The molecule has 1 aliphatic rings. The fourth-order valence-corrected chi connectivity index (χ4v) is 4.64. The van der Waals surface area contributed by atoms with Crippen LogP contribution in [0.2, 0.25) is 0 Å². The van der Waals surface area contributed by atoms with Gasteiger partial charge in [-0.1, -0.05) is 75.3 Å². The molecular weight excluding hydrogens is 494 g/mol. The lowest BCUT2D eigenvalue weighted by Gasteiger charge is -2.25. The molecule has 0 saturated carbocycles. The normalized spacial score (nSPS) is 15.7. The van der Waals surface area contributed by atoms with Crippen LogP contribution in [0.25, 0.3) is 27.9 Å². The van der Waals surface area contributed by atoms with Crippen molar-refractivity contribution in [3.05, 3.63) is 111 Å². The second kappa shape index (κ2) is 14.2. The standard InChI is InChI=1S/C35H41N3O2/c1-9-11-23-38(24-12-10-2)30-21-20-29(32(25-30)39-8)19-17-27-13-15-28(16-14-27)18-22-31-33(37-7)34(26(3)36-6)40-35(31,4)5/h13-22,25H,9-12,23-24H2,1-5,8H3/b19-17+,22-18+,34-26+. The lowest BCUT2D eigenvalue weighted by atomic mass is 9.96. The molecule has 2 aromatic rings. The molecule has 0 fully saturated rings. The van der Waals surface area contributed by atoms with E-state index in [1.807, 2.05) is 26.0 Å². The molecule has 0 bridgehead atoms. The summed E-state index contributed by atoms with van der Waals surface area (Å²) in [6, 6.07) is 14.7. The zero-order valence-corrected chi connectivity index (χ0v) is 24.8. The first kappa shape index (κ1) is 30.3. The summed E-state index contributed by atoms with van der Waals surface area (Å²) in [5.41, 5.74) is 5.28. The first-order valence-corrected chi connectivity index (χ1v) is 14.1. The number of hydrogen-bond acceptors (Lipinski definition) is 3. The molecule has 3 rings (SSSR count). The van der Waals surface area contributed by atoms with Gasteiger partial charge in [-0.25, -0.2) is 9.69 Å². The van der Waals surface area contributed by atoms with Crippen molar-refractivity contribution >= 4 is 23.9 Å². The Kier molecular flexibility index (Phi) is 10.8. The highest BCUT2D eigenvalue weighted by Gasteiger charge is 2.37. The van der Waals surface area contributed by atoms with Crippen LogP contribution in [0.15, 0.2) is 71.3 Å². The number of allylic oxidation sites excluding steroid dienone is 1. The Hall–Kier alpha value is -4.22. The number of benzene rings is 2. The van der Waals surface area contributed by atoms with Crippen molar-refractivity contribution in [3.63, 3.8) is 0 Å². The Morgan fingerprint density at radius 1 is 0.925 bits per heavy atom. The van der Waals surface area contributed by atoms with E-state index >= 15 is 0 Å². The molecular formula is C35H41N3O2. The Balaban J connectivity index is 1.78. The first-order valence-electron chi connectivity index (χ1n) is 14.1. The van der Waals surface area contributed by atoms with Crippen LogP contribution < -0.4 is 9.64 Å². The van der Waals surface area contributed by atoms with Crippen LogP contribution in [0.5, 0.6) is 5.75 Å². The van der Waals surface area contributed by atoms with Crippen molar-refractivity contribution in [1.82, 2.24) is 0 Å². The highest BCUT2D eigenvalue weighted by atomic mass is 16.5. The zero-order chi connectivity index (χ0) is 29.1. The van der Waals surface area contributed by atoms with Crippen molar-refractivity contribution in [3.8, 4) is 5.75 Å². The summed E-state index contributed by atoms with van der Waals surface area (Å²) in [5.74, 6) is 1.26. The van der Waals surface area contributed by atoms with Gasteiger partial charge >= 0.3 is 0 Å². The van der Waals surface area contributed by atoms with Gasteiger partial charge in [-0.15, -0.1) is 0 Å². The minimum absolute atomic E-state index is 0.383. The van der Waals surface area contributed by atoms with Crippen LogP contribution in [-0.2, 0) is 4.74 Å². The predicted octanol–water partition coefficient (Wildman–Crippen LogP) is 9.42. The number of ether oxygens (including phenoxy) is 2. The third-order valence-electron chi connectivity index (χ3n) is 7.06. The molecule has 5 heteroatoms. The van der Waals surface area contributed by atoms with Crippen molar-refractivity contribution in [1.29, 1.82) is 0 Å². The number of methoxy groups -OCH3 is 1. The Labute approximate surface area is 240 Å². The second-order valence-electron chi connectivity index (χ2n) is 10.5. The summed E-state index contributed by atoms with van der Waals surface area (Å²) in [5, 5.41) is 0. The fourth-order valence-electron chi connectivity index (χ4n) is 4.64. The van der Waals surface area contributed by atoms with Gasteiger partial charge < -0.3 is 14.4 Å². The molecule has 0 amide bonds. The number of hydrogen-bond donors (Lipinski definition) is 0. The minimum atomic E-state index is -0.669. The lowest BCUT2D eigenvalue weighted by molar-refractivity contribution is 0.0946. The van der Waals surface area contributed by atoms with E-state index in [-0.39, 0.29) is 0 Å². The number of rotatable bonds is 12. The maximum absolute atomic E-state index is 7.65. The minimum Gasteiger partial charge on any atom is -0.507 e. The molecule has 0 N–H and O–H groups in total. The highest BCUT2D eigenvalue weighted by molar-refractivity contribution is 5.75. The molecule has 1 aliphatic heterocycles. The number of anilines is 1. The smallest absolute Gasteiger partial charge is 0.224 e. The Morgan fingerprint density at radius 2 is 1.52 bits per heavy atom. The van der Waals surface area contributed by atoms with E-state index in [1.165, 1.54) is 31.4 Å². The summed E-state index contributed by atoms with van der Waals surface area (Å²) in [6.45, 7) is 27.1. The third kappa shape index (κ3) is 7.45. The first-order chi connectivity index (χ1) is 19.3. The largest absolute Gasteiger partial charge is 0.507 e. The molecule has 0 unspecified atom stereocenters. The quantitative estimate of drug-likeness (QED) is 0.200. The van der Waals surface area contributed by atoms with Crippen LogP contribution in [0.1, 0.15) is 77.0 Å². The van der Waals surface area contributed by atoms with Gasteiger partial charge in [0.2, 0.25) is 5.70 Å². The molecule has 0 aromatic heterocycles. The fraction of sp³-hybridized carbons (Fsp3) is 0.371. The highest BCUT2D eigenvalue weighted by Crippen LogP contribution is 2.41. The Morgan fingerprint density at radius 3 is 2.05 bits per heavy atom. The Bertz CT molecular complexity index is 1370. The average Bonchev–Trinajstić information content (AvgIpc) is 3.24. The van der Waals surface area contributed by atoms with E-state index in [9.17, 15) is 0 Å². The van der Waals surface area contributed by atoms with E-state index in [4.69, 9.17) is 22.6 Å². The third-order valence-corrected chi connectivity index (χ3v) is 7.06. The van der Waals surface area contributed by atoms with Gasteiger partial charge in [0, 0.05) is 36.0 Å². The lowest BCUT2D eigenvalue weighted by Crippen LogP contribution is -2.25. The van der Waals surface area contributed by atoms with Gasteiger partial charge in [-0.2, -0.15) is 0 Å². The molecule has 0 radical (unpaired) electrons. The van der Waals surface area contributed by atoms with E-state index in [0.29, 0.717) is 17.2 Å². The maximum atomic E-state index is 7.65. The van der Waals surface area contributed by atoms with Gasteiger partial charge in [0.15, 0.2) is 5.70 Å². The average molecular weight is 536 g/mol. The molecule has 1 heterocycles. The van der Waals surface area contributed by atoms with Gasteiger partial charge in [0.05, 0.1) is 20.3 Å². The molecule has 0 spiro atoms. The molecule has 5 nitrogen and oxygen atoms in total. The predicted molar refractivity (Wildman–Crippen MR) is 168 cm³/mol. The van der Waals surface area contributed by atoms with Crippen LogP contribution in [-0.4, -0.2) is 25.8 Å². The van der Waals surface area contributed by atoms with Crippen molar-refractivity contribution in [2.24, 2.45) is 0 Å². The zero-order valence-electron chi connectivity index (χ0n) is 24.8. The van der Waals surface area contributed by atoms with Crippen LogP contribution in [0.4, 0.5) is 5.69 Å². The van der Waals surface area contributed by atoms with Crippen LogP contribution >= 0.6 is 0 Å². The van der Waals surface area contributed by atoms with Crippen LogP contribution in [0.3, 0.4) is 0 Å². The molecule has 0 saturated heterocycles.